The number of methoxy groups -OCH3 is 1. The third-order valence-corrected chi connectivity index (χ3v) is 5.73. The van der Waals surface area contributed by atoms with E-state index in [1.807, 2.05) is 37.3 Å². The highest BCUT2D eigenvalue weighted by molar-refractivity contribution is 7.89. The van der Waals surface area contributed by atoms with Crippen molar-refractivity contribution in [2.45, 2.75) is 31.2 Å². The summed E-state index contributed by atoms with van der Waals surface area (Å²) < 4.78 is 38.8. The standard InChI is InChI=1S/C21H28N2O5S/c1-4-28-20-11-10-18(14-16(20)2)29(25,26)23-19(21(24)22-12-13-27-3)15-17-8-6-5-7-9-17/h5-11,14,19,23H,4,12-13,15H2,1-3H3,(H,22,24)/t19-/m1/s1. The Labute approximate surface area is 172 Å². The van der Waals surface area contributed by atoms with Gasteiger partial charge in [0.05, 0.1) is 18.1 Å². The molecule has 0 radical (unpaired) electrons. The molecule has 0 aromatic heterocycles. The van der Waals surface area contributed by atoms with Crippen LogP contribution in [0.1, 0.15) is 18.1 Å². The van der Waals surface area contributed by atoms with Crippen LogP contribution < -0.4 is 14.8 Å². The van der Waals surface area contributed by atoms with Gasteiger partial charge in [0.2, 0.25) is 15.9 Å². The molecule has 0 aliphatic heterocycles. The zero-order chi connectivity index (χ0) is 21.3. The molecule has 1 amide bonds. The number of rotatable bonds is 11. The molecule has 29 heavy (non-hydrogen) atoms. The zero-order valence-corrected chi connectivity index (χ0v) is 17.8. The number of amides is 1. The number of ether oxygens (including phenoxy) is 2. The van der Waals surface area contributed by atoms with Crippen molar-refractivity contribution in [3.63, 3.8) is 0 Å². The fourth-order valence-corrected chi connectivity index (χ4v) is 4.08. The number of hydrogen-bond acceptors (Lipinski definition) is 5. The van der Waals surface area contributed by atoms with E-state index < -0.39 is 22.0 Å². The van der Waals surface area contributed by atoms with Gasteiger partial charge in [0.15, 0.2) is 0 Å². The molecule has 2 rings (SSSR count). The second kappa shape index (κ2) is 10.9. The van der Waals surface area contributed by atoms with Gasteiger partial charge in [0.1, 0.15) is 11.8 Å². The van der Waals surface area contributed by atoms with E-state index in [0.29, 0.717) is 31.1 Å². The SMILES string of the molecule is CCOc1ccc(S(=O)(=O)N[C@H](Cc2ccccc2)C(=O)NCCOC)cc1C. The van der Waals surface area contributed by atoms with Crippen LogP contribution in [0, 0.1) is 6.92 Å². The lowest BCUT2D eigenvalue weighted by Crippen LogP contribution is -2.48. The van der Waals surface area contributed by atoms with Crippen molar-refractivity contribution in [3.8, 4) is 5.75 Å². The molecule has 0 saturated heterocycles. The minimum atomic E-state index is -3.91. The second-order valence-electron chi connectivity index (χ2n) is 6.51. The van der Waals surface area contributed by atoms with E-state index >= 15 is 0 Å². The quantitative estimate of drug-likeness (QED) is 0.543. The summed E-state index contributed by atoms with van der Waals surface area (Å²) in [5.41, 5.74) is 1.56. The summed E-state index contributed by atoms with van der Waals surface area (Å²) in [6, 6.07) is 12.9. The maximum absolute atomic E-state index is 12.9. The molecule has 0 fully saturated rings. The topological polar surface area (TPSA) is 93.7 Å². The van der Waals surface area contributed by atoms with Gasteiger partial charge in [-0.1, -0.05) is 30.3 Å². The Balaban J connectivity index is 2.23. The molecule has 2 N–H and O–H groups in total. The Hall–Kier alpha value is -2.42. The van der Waals surface area contributed by atoms with E-state index in [1.165, 1.54) is 19.2 Å². The zero-order valence-electron chi connectivity index (χ0n) is 17.0. The van der Waals surface area contributed by atoms with E-state index in [9.17, 15) is 13.2 Å². The van der Waals surface area contributed by atoms with Crippen LogP contribution in [0.15, 0.2) is 53.4 Å². The summed E-state index contributed by atoms with van der Waals surface area (Å²) >= 11 is 0. The van der Waals surface area contributed by atoms with Crippen molar-refractivity contribution in [3.05, 3.63) is 59.7 Å². The first-order valence-electron chi connectivity index (χ1n) is 9.43. The summed E-state index contributed by atoms with van der Waals surface area (Å²) in [4.78, 5) is 12.7. The van der Waals surface area contributed by atoms with Gasteiger partial charge in [-0.25, -0.2) is 8.42 Å². The summed E-state index contributed by atoms with van der Waals surface area (Å²) in [5.74, 6) is 0.224. The normalized spacial score (nSPS) is 12.4. The lowest BCUT2D eigenvalue weighted by Gasteiger charge is -2.19. The predicted molar refractivity (Wildman–Crippen MR) is 111 cm³/mol. The predicted octanol–water partition coefficient (Wildman–Crippen LogP) is 2.05. The molecule has 2 aromatic rings. The highest BCUT2D eigenvalue weighted by Crippen LogP contribution is 2.22. The van der Waals surface area contributed by atoms with Crippen molar-refractivity contribution in [1.29, 1.82) is 0 Å². The van der Waals surface area contributed by atoms with E-state index in [4.69, 9.17) is 9.47 Å². The average Bonchev–Trinajstić information content (AvgIpc) is 2.70. The molecule has 0 aliphatic rings. The van der Waals surface area contributed by atoms with Crippen LogP contribution in [0.5, 0.6) is 5.75 Å². The Morgan fingerprint density at radius 1 is 1.14 bits per heavy atom. The van der Waals surface area contributed by atoms with Crippen LogP contribution >= 0.6 is 0 Å². The number of sulfonamides is 1. The Morgan fingerprint density at radius 3 is 2.48 bits per heavy atom. The Kier molecular flexibility index (Phi) is 8.63. The minimum Gasteiger partial charge on any atom is -0.494 e. The average molecular weight is 421 g/mol. The number of aryl methyl sites for hydroxylation is 1. The fourth-order valence-electron chi connectivity index (χ4n) is 2.80. The van der Waals surface area contributed by atoms with Gasteiger partial charge < -0.3 is 14.8 Å². The van der Waals surface area contributed by atoms with Crippen LogP contribution in [0.4, 0.5) is 0 Å². The largest absolute Gasteiger partial charge is 0.494 e. The maximum atomic E-state index is 12.9. The smallest absolute Gasteiger partial charge is 0.241 e. The van der Waals surface area contributed by atoms with Gasteiger partial charge in [0, 0.05) is 13.7 Å². The van der Waals surface area contributed by atoms with Crippen LogP contribution in [-0.4, -0.2) is 47.2 Å². The molecule has 0 unspecified atom stereocenters. The molecular weight excluding hydrogens is 392 g/mol. The van der Waals surface area contributed by atoms with Gasteiger partial charge in [-0.3, -0.25) is 4.79 Å². The summed E-state index contributed by atoms with van der Waals surface area (Å²) in [6.45, 7) is 4.77. The first-order chi connectivity index (χ1) is 13.9. The van der Waals surface area contributed by atoms with Crippen molar-refractivity contribution >= 4 is 15.9 Å². The highest BCUT2D eigenvalue weighted by Gasteiger charge is 2.26. The molecule has 1 atom stereocenters. The van der Waals surface area contributed by atoms with Gasteiger partial charge >= 0.3 is 0 Å². The fraction of sp³-hybridized carbons (Fsp3) is 0.381. The molecule has 0 aliphatic carbocycles. The first-order valence-corrected chi connectivity index (χ1v) is 10.9. The molecule has 158 valence electrons. The third-order valence-electron chi connectivity index (χ3n) is 4.26. The lowest BCUT2D eigenvalue weighted by atomic mass is 10.1. The van der Waals surface area contributed by atoms with Gasteiger partial charge in [-0.2, -0.15) is 4.72 Å². The van der Waals surface area contributed by atoms with Gasteiger partial charge in [-0.05, 0) is 49.6 Å². The molecule has 0 heterocycles. The number of hydrogen-bond donors (Lipinski definition) is 2. The van der Waals surface area contributed by atoms with Crippen LogP contribution in [0.25, 0.3) is 0 Å². The molecular formula is C21H28N2O5S. The molecule has 0 spiro atoms. The highest BCUT2D eigenvalue weighted by atomic mass is 32.2. The number of benzene rings is 2. The van der Waals surface area contributed by atoms with Crippen LogP contribution in [0.2, 0.25) is 0 Å². The third kappa shape index (κ3) is 6.85. The molecule has 2 aromatic carbocycles. The van der Waals surface area contributed by atoms with Crippen molar-refractivity contribution < 1.29 is 22.7 Å². The minimum absolute atomic E-state index is 0.0845. The lowest BCUT2D eigenvalue weighted by molar-refractivity contribution is -0.122. The van der Waals surface area contributed by atoms with Gasteiger partial charge in [0.25, 0.3) is 0 Å². The van der Waals surface area contributed by atoms with E-state index in [1.54, 1.807) is 13.0 Å². The monoisotopic (exact) mass is 420 g/mol. The van der Waals surface area contributed by atoms with E-state index in [0.717, 1.165) is 5.56 Å². The van der Waals surface area contributed by atoms with Crippen LogP contribution in [0.3, 0.4) is 0 Å². The molecule has 8 heteroatoms. The molecule has 0 bridgehead atoms. The summed E-state index contributed by atoms with van der Waals surface area (Å²) in [6.07, 6.45) is 0.231. The van der Waals surface area contributed by atoms with E-state index in [-0.39, 0.29) is 11.3 Å². The number of carbonyl (C=O) groups excluding carboxylic acids is 1. The number of carbonyl (C=O) groups is 1. The summed E-state index contributed by atoms with van der Waals surface area (Å²) in [7, 11) is -2.37. The van der Waals surface area contributed by atoms with Crippen molar-refractivity contribution in [2.24, 2.45) is 0 Å². The Morgan fingerprint density at radius 2 is 1.86 bits per heavy atom. The summed E-state index contributed by atoms with van der Waals surface area (Å²) in [5, 5.41) is 2.70. The Bertz CT molecular complexity index is 901. The first kappa shape index (κ1) is 22.9. The maximum Gasteiger partial charge on any atom is 0.241 e. The van der Waals surface area contributed by atoms with Crippen molar-refractivity contribution in [1.82, 2.24) is 10.0 Å². The van der Waals surface area contributed by atoms with Gasteiger partial charge in [-0.15, -0.1) is 0 Å². The molecule has 0 saturated carbocycles. The number of nitrogens with one attached hydrogen (secondary N) is 2. The van der Waals surface area contributed by atoms with Crippen molar-refractivity contribution in [2.75, 3.05) is 26.9 Å². The molecule has 7 nitrogen and oxygen atoms in total. The van der Waals surface area contributed by atoms with E-state index in [2.05, 4.69) is 10.0 Å². The van der Waals surface area contributed by atoms with Crippen LogP contribution in [-0.2, 0) is 26.0 Å². The second-order valence-corrected chi connectivity index (χ2v) is 8.22.